The first-order valence-corrected chi connectivity index (χ1v) is 11.5. The zero-order valence-electron chi connectivity index (χ0n) is 19.4. The molecule has 3 N–H and O–H groups in total. The fourth-order valence-corrected chi connectivity index (χ4v) is 4.21. The van der Waals surface area contributed by atoms with Crippen LogP contribution >= 0.6 is 0 Å². The van der Waals surface area contributed by atoms with E-state index in [9.17, 15) is 9.59 Å². The number of anilines is 3. The van der Waals surface area contributed by atoms with Crippen molar-refractivity contribution >= 4 is 28.9 Å². The molecule has 1 amide bonds. The number of para-hydroxylation sites is 1. The van der Waals surface area contributed by atoms with E-state index in [0.717, 1.165) is 47.0 Å². The number of carbonyl (C=O) groups is 2. The number of amides is 1. The minimum atomic E-state index is -0.313. The van der Waals surface area contributed by atoms with Crippen molar-refractivity contribution in [2.24, 2.45) is 7.05 Å². The van der Waals surface area contributed by atoms with Crippen molar-refractivity contribution < 1.29 is 14.3 Å². The Kier molecular flexibility index (Phi) is 6.40. The molecule has 0 atom stereocenters. The standard InChI is InChI=1S/C26H26N6O3/c1-32-13-12-28-22(32)15-35-16-23(34)31-21-14-17(10-11-27-21)25-26(29-18-6-3-2-4-7-18)24-19(30-25)8-5-9-20(24)33/h2-4,6-7,10-14,29-30H,5,8-9,15-16H2,1H3,(H,27,31,34). The maximum absolute atomic E-state index is 12.8. The van der Waals surface area contributed by atoms with Crippen LogP contribution in [0.2, 0.25) is 0 Å². The molecule has 1 aliphatic rings. The van der Waals surface area contributed by atoms with Gasteiger partial charge in [0.2, 0.25) is 0 Å². The molecule has 1 aliphatic carbocycles. The number of imidazole rings is 1. The van der Waals surface area contributed by atoms with Crippen LogP contribution in [0.25, 0.3) is 11.3 Å². The summed E-state index contributed by atoms with van der Waals surface area (Å²) in [7, 11) is 1.87. The molecule has 1 aromatic carbocycles. The highest BCUT2D eigenvalue weighted by Crippen LogP contribution is 2.39. The molecular formula is C26H26N6O3. The first-order chi connectivity index (χ1) is 17.1. The maximum Gasteiger partial charge on any atom is 0.251 e. The molecule has 0 saturated carbocycles. The Hall–Kier alpha value is -4.24. The molecule has 9 nitrogen and oxygen atoms in total. The Morgan fingerprint density at radius 3 is 2.80 bits per heavy atom. The van der Waals surface area contributed by atoms with Crippen LogP contribution in [0.5, 0.6) is 0 Å². The van der Waals surface area contributed by atoms with Crippen molar-refractivity contribution in [2.75, 3.05) is 17.2 Å². The third kappa shape index (κ3) is 4.99. The second-order valence-corrected chi connectivity index (χ2v) is 8.42. The van der Waals surface area contributed by atoms with Gasteiger partial charge in [0.15, 0.2) is 5.78 Å². The van der Waals surface area contributed by atoms with Crippen molar-refractivity contribution in [3.05, 3.63) is 78.1 Å². The van der Waals surface area contributed by atoms with Crippen LogP contribution in [0.3, 0.4) is 0 Å². The van der Waals surface area contributed by atoms with Gasteiger partial charge < -0.3 is 24.9 Å². The second-order valence-electron chi connectivity index (χ2n) is 8.42. The number of ketones is 1. The normalized spacial score (nSPS) is 12.9. The SMILES string of the molecule is Cn1ccnc1COCC(=O)Nc1cc(-c2[nH]c3c(c2Nc2ccccc2)C(=O)CCC3)ccn1. The summed E-state index contributed by atoms with van der Waals surface area (Å²) in [5, 5.41) is 6.21. The summed E-state index contributed by atoms with van der Waals surface area (Å²) in [5.41, 5.74) is 4.88. The van der Waals surface area contributed by atoms with Gasteiger partial charge in [-0.3, -0.25) is 9.59 Å². The van der Waals surface area contributed by atoms with Gasteiger partial charge in [-0.1, -0.05) is 18.2 Å². The van der Waals surface area contributed by atoms with Crippen molar-refractivity contribution in [1.82, 2.24) is 19.5 Å². The molecule has 5 rings (SSSR count). The van der Waals surface area contributed by atoms with Crippen LogP contribution in [0.1, 0.15) is 34.7 Å². The number of nitrogens with one attached hydrogen (secondary N) is 3. The molecule has 0 radical (unpaired) electrons. The predicted octanol–water partition coefficient (Wildman–Crippen LogP) is 4.23. The highest BCUT2D eigenvalue weighted by Gasteiger charge is 2.27. The summed E-state index contributed by atoms with van der Waals surface area (Å²) in [5.74, 6) is 0.950. The van der Waals surface area contributed by atoms with Gasteiger partial charge in [-0.2, -0.15) is 0 Å². The smallest absolute Gasteiger partial charge is 0.251 e. The van der Waals surface area contributed by atoms with E-state index in [2.05, 4.69) is 25.6 Å². The molecule has 0 fully saturated rings. The largest absolute Gasteiger partial charge is 0.364 e. The molecule has 0 unspecified atom stereocenters. The maximum atomic E-state index is 12.8. The van der Waals surface area contributed by atoms with E-state index in [-0.39, 0.29) is 24.9 Å². The molecule has 0 saturated heterocycles. The number of pyridine rings is 1. The topological polar surface area (TPSA) is 114 Å². The average molecular weight is 471 g/mol. The third-order valence-corrected chi connectivity index (χ3v) is 5.93. The van der Waals surface area contributed by atoms with Crippen LogP contribution in [0, 0.1) is 0 Å². The lowest BCUT2D eigenvalue weighted by Gasteiger charge is -2.14. The molecule has 178 valence electrons. The highest BCUT2D eigenvalue weighted by molar-refractivity contribution is 6.07. The van der Waals surface area contributed by atoms with Gasteiger partial charge in [0.1, 0.15) is 24.9 Å². The van der Waals surface area contributed by atoms with Gasteiger partial charge in [0.05, 0.1) is 16.9 Å². The Morgan fingerprint density at radius 2 is 2.00 bits per heavy atom. The number of H-pyrrole nitrogens is 1. The minimum absolute atomic E-state index is 0.120. The van der Waals surface area contributed by atoms with Crippen molar-refractivity contribution in [3.63, 3.8) is 0 Å². The number of rotatable bonds is 8. The van der Waals surface area contributed by atoms with E-state index in [4.69, 9.17) is 4.74 Å². The van der Waals surface area contributed by atoms with E-state index in [1.54, 1.807) is 18.5 Å². The molecule has 0 spiro atoms. The van der Waals surface area contributed by atoms with Gasteiger partial charge >= 0.3 is 0 Å². The summed E-state index contributed by atoms with van der Waals surface area (Å²) >= 11 is 0. The van der Waals surface area contributed by atoms with Gasteiger partial charge in [0.25, 0.3) is 5.91 Å². The van der Waals surface area contributed by atoms with E-state index in [1.165, 1.54) is 0 Å². The average Bonchev–Trinajstić information content (AvgIpc) is 3.44. The summed E-state index contributed by atoms with van der Waals surface area (Å²) in [6.45, 7) is 0.117. The fourth-order valence-electron chi connectivity index (χ4n) is 4.21. The number of hydrogen-bond donors (Lipinski definition) is 3. The van der Waals surface area contributed by atoms with E-state index in [0.29, 0.717) is 17.8 Å². The number of hydrogen-bond acceptors (Lipinski definition) is 6. The molecule has 3 aromatic heterocycles. The Morgan fingerprint density at radius 1 is 1.14 bits per heavy atom. The zero-order chi connectivity index (χ0) is 24.2. The molecule has 0 aliphatic heterocycles. The Bertz CT molecular complexity index is 1360. The van der Waals surface area contributed by atoms with Crippen LogP contribution in [-0.4, -0.2) is 37.8 Å². The number of ether oxygens (including phenoxy) is 1. The van der Waals surface area contributed by atoms with E-state index >= 15 is 0 Å². The van der Waals surface area contributed by atoms with Crippen LogP contribution in [-0.2, 0) is 29.6 Å². The van der Waals surface area contributed by atoms with Gasteiger partial charge in [-0.05, 0) is 37.1 Å². The monoisotopic (exact) mass is 470 g/mol. The van der Waals surface area contributed by atoms with Crippen LogP contribution in [0.4, 0.5) is 17.2 Å². The highest BCUT2D eigenvalue weighted by atomic mass is 16.5. The Labute approximate surface area is 202 Å². The van der Waals surface area contributed by atoms with E-state index in [1.807, 2.05) is 54.2 Å². The lowest BCUT2D eigenvalue weighted by Crippen LogP contribution is -2.19. The van der Waals surface area contributed by atoms with Gasteiger partial charge in [0, 0.05) is 49.0 Å². The molecular weight excluding hydrogens is 444 g/mol. The lowest BCUT2D eigenvalue weighted by atomic mass is 9.95. The first kappa shape index (κ1) is 22.5. The molecule has 35 heavy (non-hydrogen) atoms. The fraction of sp³-hybridized carbons (Fsp3) is 0.231. The first-order valence-electron chi connectivity index (χ1n) is 11.5. The van der Waals surface area contributed by atoms with Crippen LogP contribution < -0.4 is 10.6 Å². The quantitative estimate of drug-likeness (QED) is 0.355. The number of aromatic nitrogens is 4. The summed E-state index contributed by atoms with van der Waals surface area (Å²) in [6, 6.07) is 13.4. The number of aromatic amines is 1. The van der Waals surface area contributed by atoms with Crippen molar-refractivity contribution in [1.29, 1.82) is 0 Å². The molecule has 9 heteroatoms. The predicted molar refractivity (Wildman–Crippen MR) is 133 cm³/mol. The number of carbonyl (C=O) groups excluding carboxylic acids is 2. The second kappa shape index (κ2) is 9.94. The van der Waals surface area contributed by atoms with Gasteiger partial charge in [-0.15, -0.1) is 0 Å². The minimum Gasteiger partial charge on any atom is -0.364 e. The molecule has 0 bridgehead atoms. The summed E-state index contributed by atoms with van der Waals surface area (Å²) in [6.07, 6.45) is 7.30. The zero-order valence-corrected chi connectivity index (χ0v) is 19.4. The molecule has 4 aromatic rings. The van der Waals surface area contributed by atoms with Gasteiger partial charge in [-0.25, -0.2) is 9.97 Å². The molecule has 3 heterocycles. The van der Waals surface area contributed by atoms with E-state index < -0.39 is 0 Å². The van der Waals surface area contributed by atoms with Crippen LogP contribution in [0.15, 0.2) is 61.1 Å². The lowest BCUT2D eigenvalue weighted by molar-refractivity contribution is -0.121. The number of nitrogens with zero attached hydrogens (tertiary/aromatic N) is 3. The van der Waals surface area contributed by atoms with Crippen molar-refractivity contribution in [3.8, 4) is 11.3 Å². The van der Waals surface area contributed by atoms with Crippen molar-refractivity contribution in [2.45, 2.75) is 25.9 Å². The number of aryl methyl sites for hydroxylation is 2. The summed E-state index contributed by atoms with van der Waals surface area (Å²) < 4.78 is 7.32. The number of Topliss-reactive ketones (excluding diaryl/α,β-unsaturated/α-hetero) is 1. The third-order valence-electron chi connectivity index (χ3n) is 5.93. The number of benzene rings is 1. The summed E-state index contributed by atoms with van der Waals surface area (Å²) in [4.78, 5) is 37.1. The number of fused-ring (bicyclic) bond motifs is 1. The Balaban J connectivity index is 1.36.